The number of hydrogen-bond donors (Lipinski definition) is 1. The van der Waals surface area contributed by atoms with Gasteiger partial charge in [0.25, 0.3) is 5.56 Å². The standard InChI is InChI=1S/C21H22Cl2N6O2/c1-3-9-31-10-8-29-21(30)20(14(2)28-29)27-25-18-6-4-17(5-7-18)24-26-19-12-15(22)11-16(23)13-19/h4-7,11-13,28H,3,8-10H2,1-2H3. The van der Waals surface area contributed by atoms with Crippen molar-refractivity contribution in [3.05, 3.63) is 68.6 Å². The SMILES string of the molecule is CCCOCCn1[nH]c(C)c(N=Nc2ccc(N=Nc3cc(Cl)cc(Cl)c3)cc2)c1=O. The first kappa shape index (κ1) is 22.9. The van der Waals surface area contributed by atoms with E-state index < -0.39 is 0 Å². The Kier molecular flexibility index (Phi) is 8.11. The molecule has 3 rings (SSSR count). The van der Waals surface area contributed by atoms with E-state index >= 15 is 0 Å². The van der Waals surface area contributed by atoms with Crippen molar-refractivity contribution >= 4 is 46.0 Å². The van der Waals surface area contributed by atoms with E-state index in [9.17, 15) is 4.79 Å². The highest BCUT2D eigenvalue weighted by atomic mass is 35.5. The third kappa shape index (κ3) is 6.58. The van der Waals surface area contributed by atoms with Gasteiger partial charge >= 0.3 is 0 Å². The highest BCUT2D eigenvalue weighted by molar-refractivity contribution is 6.35. The number of H-pyrrole nitrogens is 1. The number of benzene rings is 2. The molecule has 10 heteroatoms. The first-order valence-electron chi connectivity index (χ1n) is 9.73. The molecule has 1 N–H and O–H groups in total. The van der Waals surface area contributed by atoms with Crippen molar-refractivity contribution in [2.45, 2.75) is 26.8 Å². The third-order valence-electron chi connectivity index (χ3n) is 4.16. The van der Waals surface area contributed by atoms with Crippen LogP contribution in [0.5, 0.6) is 0 Å². The molecule has 0 atom stereocenters. The lowest BCUT2D eigenvalue weighted by Gasteiger charge is -2.02. The lowest BCUT2D eigenvalue weighted by atomic mass is 10.3. The van der Waals surface area contributed by atoms with Crippen molar-refractivity contribution in [1.29, 1.82) is 0 Å². The molecule has 3 aromatic rings. The second-order valence-electron chi connectivity index (χ2n) is 6.70. The lowest BCUT2D eigenvalue weighted by molar-refractivity contribution is 0.123. The highest BCUT2D eigenvalue weighted by Crippen LogP contribution is 2.27. The minimum absolute atomic E-state index is 0.230. The summed E-state index contributed by atoms with van der Waals surface area (Å²) in [5.74, 6) is 0. The number of ether oxygens (including phenoxy) is 1. The van der Waals surface area contributed by atoms with Gasteiger partial charge in [-0.15, -0.1) is 5.11 Å². The summed E-state index contributed by atoms with van der Waals surface area (Å²) in [6, 6.07) is 11.9. The third-order valence-corrected chi connectivity index (χ3v) is 4.59. The average Bonchev–Trinajstić information content (AvgIpc) is 3.01. The minimum Gasteiger partial charge on any atom is -0.380 e. The van der Waals surface area contributed by atoms with Crippen LogP contribution in [0.1, 0.15) is 19.0 Å². The maximum absolute atomic E-state index is 12.5. The summed E-state index contributed by atoms with van der Waals surface area (Å²) < 4.78 is 6.90. The summed E-state index contributed by atoms with van der Waals surface area (Å²) in [7, 11) is 0. The highest BCUT2D eigenvalue weighted by Gasteiger charge is 2.10. The molecule has 31 heavy (non-hydrogen) atoms. The molecule has 0 aliphatic rings. The summed E-state index contributed by atoms with van der Waals surface area (Å²) in [6.45, 7) is 5.39. The summed E-state index contributed by atoms with van der Waals surface area (Å²) in [5.41, 5.74) is 2.46. The molecule has 0 aliphatic heterocycles. The number of azo groups is 2. The van der Waals surface area contributed by atoms with Crippen LogP contribution in [0, 0.1) is 6.92 Å². The fourth-order valence-corrected chi connectivity index (χ4v) is 3.19. The van der Waals surface area contributed by atoms with Crippen molar-refractivity contribution in [1.82, 2.24) is 9.78 Å². The Bertz CT molecular complexity index is 1120. The monoisotopic (exact) mass is 460 g/mol. The van der Waals surface area contributed by atoms with E-state index in [-0.39, 0.29) is 11.2 Å². The maximum Gasteiger partial charge on any atom is 0.294 e. The van der Waals surface area contributed by atoms with Gasteiger partial charge in [-0.3, -0.25) is 9.89 Å². The molecule has 162 valence electrons. The van der Waals surface area contributed by atoms with Crippen molar-refractivity contribution in [3.8, 4) is 0 Å². The molecule has 0 bridgehead atoms. The van der Waals surface area contributed by atoms with Crippen LogP contribution in [0.2, 0.25) is 10.0 Å². The number of nitrogens with one attached hydrogen (secondary N) is 1. The Balaban J connectivity index is 1.66. The average molecular weight is 461 g/mol. The number of aryl methyl sites for hydroxylation is 1. The normalized spacial score (nSPS) is 11.7. The first-order valence-corrected chi connectivity index (χ1v) is 10.5. The van der Waals surface area contributed by atoms with E-state index in [1.54, 1.807) is 49.4 Å². The van der Waals surface area contributed by atoms with Gasteiger partial charge in [-0.1, -0.05) is 30.1 Å². The van der Waals surface area contributed by atoms with Gasteiger partial charge in [0.2, 0.25) is 0 Å². The van der Waals surface area contributed by atoms with Gasteiger partial charge in [0.1, 0.15) is 0 Å². The van der Waals surface area contributed by atoms with Gasteiger partial charge in [-0.05, 0) is 55.8 Å². The van der Waals surface area contributed by atoms with Crippen LogP contribution < -0.4 is 5.56 Å². The molecular formula is C21H22Cl2N6O2. The van der Waals surface area contributed by atoms with E-state index in [1.807, 2.05) is 6.92 Å². The van der Waals surface area contributed by atoms with Crippen LogP contribution in [0.15, 0.2) is 67.7 Å². The van der Waals surface area contributed by atoms with Crippen LogP contribution in [-0.4, -0.2) is 23.0 Å². The van der Waals surface area contributed by atoms with Crippen molar-refractivity contribution in [3.63, 3.8) is 0 Å². The summed E-state index contributed by atoms with van der Waals surface area (Å²) in [6.07, 6.45) is 0.938. The molecular weight excluding hydrogens is 439 g/mol. The quantitative estimate of drug-likeness (QED) is 0.273. The molecule has 0 aliphatic carbocycles. The summed E-state index contributed by atoms with van der Waals surface area (Å²) >= 11 is 11.9. The molecule has 8 nitrogen and oxygen atoms in total. The van der Waals surface area contributed by atoms with Crippen LogP contribution >= 0.6 is 23.2 Å². The fourth-order valence-electron chi connectivity index (χ4n) is 2.68. The second kappa shape index (κ2) is 11.0. The summed E-state index contributed by atoms with van der Waals surface area (Å²) in [5, 5.41) is 20.5. The number of rotatable bonds is 9. The molecule has 1 heterocycles. The molecule has 0 unspecified atom stereocenters. The van der Waals surface area contributed by atoms with Crippen molar-refractivity contribution in [2.75, 3.05) is 13.2 Å². The molecule has 0 spiro atoms. The topological polar surface area (TPSA) is 96.5 Å². The summed E-state index contributed by atoms with van der Waals surface area (Å²) in [4.78, 5) is 12.5. The fraction of sp³-hybridized carbons (Fsp3) is 0.286. The van der Waals surface area contributed by atoms with Gasteiger partial charge in [-0.2, -0.15) is 15.3 Å². The molecule has 0 radical (unpaired) electrons. The largest absolute Gasteiger partial charge is 0.380 e. The predicted octanol–water partition coefficient (Wildman–Crippen LogP) is 7.05. The minimum atomic E-state index is -0.230. The van der Waals surface area contributed by atoms with E-state index in [4.69, 9.17) is 27.9 Å². The van der Waals surface area contributed by atoms with Gasteiger partial charge < -0.3 is 4.74 Å². The predicted molar refractivity (Wildman–Crippen MR) is 122 cm³/mol. The molecule has 0 saturated heterocycles. The number of aromatic amines is 1. The molecule has 1 aromatic heterocycles. The zero-order valence-corrected chi connectivity index (χ0v) is 18.7. The molecule has 0 amide bonds. The molecule has 0 saturated carbocycles. The maximum atomic E-state index is 12.5. The van der Waals surface area contributed by atoms with Gasteiger partial charge in [-0.25, -0.2) is 4.68 Å². The second-order valence-corrected chi connectivity index (χ2v) is 7.57. The zero-order chi connectivity index (χ0) is 22.2. The van der Waals surface area contributed by atoms with Crippen LogP contribution in [0.4, 0.5) is 22.7 Å². The smallest absolute Gasteiger partial charge is 0.294 e. The Morgan fingerprint density at radius 2 is 1.48 bits per heavy atom. The van der Waals surface area contributed by atoms with E-state index in [2.05, 4.69) is 25.6 Å². The van der Waals surface area contributed by atoms with Gasteiger partial charge in [0.15, 0.2) is 5.69 Å². The number of halogens is 2. The van der Waals surface area contributed by atoms with Crippen molar-refractivity contribution < 1.29 is 4.74 Å². The number of hydrogen-bond acceptors (Lipinski definition) is 6. The van der Waals surface area contributed by atoms with Gasteiger partial charge in [0, 0.05) is 16.7 Å². The van der Waals surface area contributed by atoms with Crippen molar-refractivity contribution in [2.24, 2.45) is 20.5 Å². The number of nitrogens with zero attached hydrogens (tertiary/aromatic N) is 5. The zero-order valence-electron chi connectivity index (χ0n) is 17.2. The molecule has 2 aromatic carbocycles. The van der Waals surface area contributed by atoms with Crippen LogP contribution in [-0.2, 0) is 11.3 Å². The van der Waals surface area contributed by atoms with Gasteiger partial charge in [0.05, 0.1) is 35.9 Å². The van der Waals surface area contributed by atoms with Crippen LogP contribution in [0.25, 0.3) is 0 Å². The lowest BCUT2D eigenvalue weighted by Crippen LogP contribution is -2.19. The van der Waals surface area contributed by atoms with E-state index in [1.165, 1.54) is 4.68 Å². The van der Waals surface area contributed by atoms with Crippen LogP contribution in [0.3, 0.4) is 0 Å². The molecule has 0 fully saturated rings. The Hall–Kier alpha value is -2.81. The Morgan fingerprint density at radius 3 is 2.10 bits per heavy atom. The Labute approximate surface area is 189 Å². The van der Waals surface area contributed by atoms with E-state index in [0.29, 0.717) is 52.6 Å². The Morgan fingerprint density at radius 1 is 0.903 bits per heavy atom. The number of aromatic nitrogens is 2. The first-order chi connectivity index (χ1) is 15.0. The van der Waals surface area contributed by atoms with E-state index in [0.717, 1.165) is 6.42 Å².